The van der Waals surface area contributed by atoms with E-state index in [4.69, 9.17) is 14.0 Å². The van der Waals surface area contributed by atoms with Crippen LogP contribution in [0.4, 0.5) is 5.69 Å². The van der Waals surface area contributed by atoms with Crippen molar-refractivity contribution in [3.8, 4) is 5.75 Å². The second-order valence-electron chi connectivity index (χ2n) is 6.59. The van der Waals surface area contributed by atoms with E-state index >= 15 is 0 Å². The number of hydrogen-bond donors (Lipinski definition) is 1. The lowest BCUT2D eigenvalue weighted by Gasteiger charge is -2.13. The van der Waals surface area contributed by atoms with E-state index in [-0.39, 0.29) is 17.9 Å². The van der Waals surface area contributed by atoms with Gasteiger partial charge in [0.1, 0.15) is 17.9 Å². The summed E-state index contributed by atoms with van der Waals surface area (Å²) in [4.78, 5) is 12.6. The predicted octanol–water partition coefficient (Wildman–Crippen LogP) is 3.92. The number of carbonyl (C=O) groups is 1. The maximum absolute atomic E-state index is 12.6. The zero-order valence-corrected chi connectivity index (χ0v) is 14.9. The molecule has 1 N–H and O–H groups in total. The van der Waals surface area contributed by atoms with Crippen molar-refractivity contribution < 1.29 is 18.8 Å². The van der Waals surface area contributed by atoms with Gasteiger partial charge in [0.2, 0.25) is 0 Å². The van der Waals surface area contributed by atoms with Gasteiger partial charge in [-0.05, 0) is 31.9 Å². The van der Waals surface area contributed by atoms with Crippen molar-refractivity contribution in [2.45, 2.75) is 45.6 Å². The molecule has 25 heavy (non-hydrogen) atoms. The second kappa shape index (κ2) is 7.70. The molecule has 0 radical (unpaired) electrons. The number of hydrogen-bond acceptors (Lipinski definition) is 5. The summed E-state index contributed by atoms with van der Waals surface area (Å²) in [6, 6.07) is 7.36. The van der Waals surface area contributed by atoms with Crippen LogP contribution in [0.2, 0.25) is 0 Å². The minimum absolute atomic E-state index is 0.0861. The molecule has 0 bridgehead atoms. The van der Waals surface area contributed by atoms with E-state index < -0.39 is 0 Å². The van der Waals surface area contributed by atoms with E-state index in [1.807, 2.05) is 38.1 Å². The quantitative estimate of drug-likeness (QED) is 0.860. The summed E-state index contributed by atoms with van der Waals surface area (Å²) in [7, 11) is 0. The molecule has 0 saturated carbocycles. The molecule has 1 fully saturated rings. The van der Waals surface area contributed by atoms with Gasteiger partial charge >= 0.3 is 0 Å². The van der Waals surface area contributed by atoms with Gasteiger partial charge in [0.15, 0.2) is 5.76 Å². The molecular formula is C19H24N2O4. The Morgan fingerprint density at radius 2 is 2.28 bits per heavy atom. The van der Waals surface area contributed by atoms with E-state index in [1.54, 1.807) is 6.92 Å². The van der Waals surface area contributed by atoms with Crippen LogP contribution >= 0.6 is 0 Å². The first-order valence-electron chi connectivity index (χ1n) is 8.66. The summed E-state index contributed by atoms with van der Waals surface area (Å²) in [5.74, 6) is 1.17. The normalized spacial score (nSPS) is 17.0. The number of benzene rings is 1. The van der Waals surface area contributed by atoms with Crippen molar-refractivity contribution in [1.82, 2.24) is 5.16 Å². The number of nitrogens with zero attached hydrogens (tertiary/aromatic N) is 1. The van der Waals surface area contributed by atoms with E-state index in [0.29, 0.717) is 35.1 Å². The average molecular weight is 344 g/mol. The first-order chi connectivity index (χ1) is 12.0. The molecule has 1 aromatic heterocycles. The molecule has 3 rings (SSSR count). The number of anilines is 1. The highest BCUT2D eigenvalue weighted by Gasteiger charge is 2.22. The molecule has 1 aromatic carbocycles. The highest BCUT2D eigenvalue weighted by atomic mass is 16.5. The number of aryl methyl sites for hydroxylation is 1. The third-order valence-corrected chi connectivity index (χ3v) is 4.19. The smallest absolute Gasteiger partial charge is 0.261 e. The van der Waals surface area contributed by atoms with Crippen LogP contribution in [-0.2, 0) is 4.74 Å². The van der Waals surface area contributed by atoms with Crippen LogP contribution in [0, 0.1) is 6.92 Å². The number of amides is 1. The first-order valence-corrected chi connectivity index (χ1v) is 8.66. The SMILES string of the molecule is Cc1noc(C(C)C)c1C(=O)Nc1cccc(OCC2CCCO2)c1. The Balaban J connectivity index is 1.67. The lowest BCUT2D eigenvalue weighted by molar-refractivity contribution is 0.0680. The zero-order valence-electron chi connectivity index (χ0n) is 14.9. The maximum Gasteiger partial charge on any atom is 0.261 e. The Morgan fingerprint density at radius 1 is 1.44 bits per heavy atom. The van der Waals surface area contributed by atoms with Crippen LogP contribution in [0.5, 0.6) is 5.75 Å². The topological polar surface area (TPSA) is 73.6 Å². The molecule has 1 saturated heterocycles. The van der Waals surface area contributed by atoms with Crippen LogP contribution in [0.15, 0.2) is 28.8 Å². The molecule has 6 nitrogen and oxygen atoms in total. The molecule has 0 spiro atoms. The molecule has 134 valence electrons. The van der Waals surface area contributed by atoms with Crippen molar-refractivity contribution >= 4 is 11.6 Å². The molecule has 1 aliphatic rings. The van der Waals surface area contributed by atoms with Gasteiger partial charge in [-0.3, -0.25) is 4.79 Å². The van der Waals surface area contributed by atoms with Gasteiger partial charge < -0.3 is 19.3 Å². The molecule has 1 amide bonds. The first kappa shape index (κ1) is 17.5. The van der Waals surface area contributed by atoms with E-state index in [0.717, 1.165) is 19.4 Å². The standard InChI is InChI=1S/C19H24N2O4/c1-12(2)18-17(13(3)21-25-18)19(22)20-14-6-4-7-15(10-14)24-11-16-8-5-9-23-16/h4,6-7,10,12,16H,5,8-9,11H2,1-3H3,(H,20,22). The predicted molar refractivity (Wildman–Crippen MR) is 94.2 cm³/mol. The summed E-state index contributed by atoms with van der Waals surface area (Å²) >= 11 is 0. The Kier molecular flexibility index (Phi) is 5.38. The van der Waals surface area contributed by atoms with Crippen LogP contribution in [-0.4, -0.2) is 30.4 Å². The van der Waals surface area contributed by atoms with E-state index in [2.05, 4.69) is 10.5 Å². The van der Waals surface area contributed by atoms with Crippen molar-refractivity contribution in [3.63, 3.8) is 0 Å². The lowest BCUT2D eigenvalue weighted by Crippen LogP contribution is -2.17. The molecule has 1 atom stereocenters. The Hall–Kier alpha value is -2.34. The Labute approximate surface area is 147 Å². The van der Waals surface area contributed by atoms with Crippen LogP contribution < -0.4 is 10.1 Å². The highest BCUT2D eigenvalue weighted by Crippen LogP contribution is 2.25. The number of ether oxygens (including phenoxy) is 2. The van der Waals surface area contributed by atoms with Crippen LogP contribution in [0.25, 0.3) is 0 Å². The number of rotatable bonds is 6. The molecule has 1 aliphatic heterocycles. The minimum atomic E-state index is -0.223. The van der Waals surface area contributed by atoms with Crippen molar-refractivity contribution in [2.75, 3.05) is 18.5 Å². The monoisotopic (exact) mass is 344 g/mol. The Morgan fingerprint density at radius 3 is 3.00 bits per heavy atom. The van der Waals surface area contributed by atoms with Gasteiger partial charge in [-0.25, -0.2) is 0 Å². The highest BCUT2D eigenvalue weighted by molar-refractivity contribution is 6.05. The summed E-state index contributed by atoms with van der Waals surface area (Å²) in [5.41, 5.74) is 1.76. The number of nitrogens with one attached hydrogen (secondary N) is 1. The molecular weight excluding hydrogens is 320 g/mol. The average Bonchev–Trinajstić information content (AvgIpc) is 3.22. The number of carbonyl (C=O) groups excluding carboxylic acids is 1. The van der Waals surface area contributed by atoms with Gasteiger partial charge in [-0.2, -0.15) is 0 Å². The maximum atomic E-state index is 12.6. The minimum Gasteiger partial charge on any atom is -0.491 e. The fourth-order valence-corrected chi connectivity index (χ4v) is 2.88. The summed E-state index contributed by atoms with van der Waals surface area (Å²) in [5, 5.41) is 6.82. The summed E-state index contributed by atoms with van der Waals surface area (Å²) < 4.78 is 16.6. The molecule has 2 heterocycles. The fourth-order valence-electron chi connectivity index (χ4n) is 2.88. The molecule has 0 aliphatic carbocycles. The van der Waals surface area contributed by atoms with Crippen molar-refractivity contribution in [2.24, 2.45) is 0 Å². The van der Waals surface area contributed by atoms with Gasteiger partial charge in [-0.1, -0.05) is 25.1 Å². The molecule has 1 unspecified atom stereocenters. The van der Waals surface area contributed by atoms with Crippen molar-refractivity contribution in [3.05, 3.63) is 41.3 Å². The third kappa shape index (κ3) is 4.20. The van der Waals surface area contributed by atoms with Gasteiger partial charge in [-0.15, -0.1) is 0 Å². The molecule has 2 aromatic rings. The summed E-state index contributed by atoms with van der Waals surface area (Å²) in [6.45, 7) is 7.04. The van der Waals surface area contributed by atoms with Gasteiger partial charge in [0.05, 0.1) is 11.8 Å². The van der Waals surface area contributed by atoms with Gasteiger partial charge in [0.25, 0.3) is 5.91 Å². The number of aromatic nitrogens is 1. The second-order valence-corrected chi connectivity index (χ2v) is 6.59. The third-order valence-electron chi connectivity index (χ3n) is 4.19. The Bertz CT molecular complexity index is 733. The largest absolute Gasteiger partial charge is 0.491 e. The zero-order chi connectivity index (χ0) is 17.8. The van der Waals surface area contributed by atoms with E-state index in [9.17, 15) is 4.79 Å². The fraction of sp³-hybridized carbons (Fsp3) is 0.474. The van der Waals surface area contributed by atoms with Crippen molar-refractivity contribution in [1.29, 1.82) is 0 Å². The van der Waals surface area contributed by atoms with Crippen LogP contribution in [0.1, 0.15) is 54.4 Å². The summed E-state index contributed by atoms with van der Waals surface area (Å²) in [6.07, 6.45) is 2.27. The lowest BCUT2D eigenvalue weighted by atomic mass is 10.0. The molecule has 6 heteroatoms. The van der Waals surface area contributed by atoms with Gasteiger partial charge in [0, 0.05) is 24.3 Å². The van der Waals surface area contributed by atoms with Crippen LogP contribution in [0.3, 0.4) is 0 Å². The van der Waals surface area contributed by atoms with E-state index in [1.165, 1.54) is 0 Å².